The number of hydrogen-bond acceptors (Lipinski definition) is 5. The highest BCUT2D eigenvalue weighted by atomic mass is 19.2. The van der Waals surface area contributed by atoms with E-state index in [4.69, 9.17) is 9.47 Å². The van der Waals surface area contributed by atoms with E-state index in [0.29, 0.717) is 17.0 Å². The Morgan fingerprint density at radius 1 is 1.14 bits per heavy atom. The fourth-order valence-electron chi connectivity index (χ4n) is 2.69. The first-order valence-corrected chi connectivity index (χ1v) is 8.93. The fourth-order valence-corrected chi connectivity index (χ4v) is 2.69. The van der Waals surface area contributed by atoms with Crippen molar-refractivity contribution < 1.29 is 32.6 Å². The molecular weight excluding hydrogens is 386 g/mol. The smallest absolute Gasteiger partial charge is 0.339 e. The Morgan fingerprint density at radius 3 is 2.45 bits per heavy atom. The average Bonchev–Trinajstić information content (AvgIpc) is 2.93. The van der Waals surface area contributed by atoms with E-state index in [1.54, 1.807) is 31.4 Å². The number of amides is 1. The molecule has 0 unspecified atom stereocenters. The number of ether oxygens (including phenoxy) is 2. The number of carbonyl (C=O) groups is 3. The molecule has 0 saturated heterocycles. The van der Waals surface area contributed by atoms with Crippen LogP contribution in [0.25, 0.3) is 0 Å². The SMILES string of the molecule is CCOC(=O)c1cc(C)n(CC(=O)O[C@H](C)C(=O)Nc2ccc(F)c(F)c2)c1C. The van der Waals surface area contributed by atoms with Crippen molar-refractivity contribution in [2.75, 3.05) is 11.9 Å². The second-order valence-corrected chi connectivity index (χ2v) is 6.34. The second kappa shape index (κ2) is 9.31. The first-order valence-electron chi connectivity index (χ1n) is 8.93. The third kappa shape index (κ3) is 5.40. The van der Waals surface area contributed by atoms with Gasteiger partial charge in [-0.05, 0) is 45.9 Å². The first-order chi connectivity index (χ1) is 13.6. The van der Waals surface area contributed by atoms with Gasteiger partial charge in [0.25, 0.3) is 5.91 Å². The van der Waals surface area contributed by atoms with Gasteiger partial charge in [-0.15, -0.1) is 0 Å². The number of aromatic nitrogens is 1. The van der Waals surface area contributed by atoms with Gasteiger partial charge in [0.2, 0.25) is 0 Å². The van der Waals surface area contributed by atoms with Crippen molar-refractivity contribution in [3.63, 3.8) is 0 Å². The summed E-state index contributed by atoms with van der Waals surface area (Å²) in [6.45, 7) is 6.47. The van der Waals surface area contributed by atoms with Gasteiger partial charge >= 0.3 is 11.9 Å². The predicted octanol–water partition coefficient (Wildman–Crippen LogP) is 3.13. The lowest BCUT2D eigenvalue weighted by atomic mass is 10.2. The Labute approximate surface area is 166 Å². The number of halogens is 2. The summed E-state index contributed by atoms with van der Waals surface area (Å²) < 4.78 is 37.8. The van der Waals surface area contributed by atoms with Crippen LogP contribution in [0.4, 0.5) is 14.5 Å². The molecule has 0 fully saturated rings. The zero-order chi connectivity index (χ0) is 21.7. The molecule has 9 heteroatoms. The van der Waals surface area contributed by atoms with Gasteiger partial charge in [0.15, 0.2) is 17.7 Å². The maximum absolute atomic E-state index is 13.2. The van der Waals surface area contributed by atoms with Gasteiger partial charge in [-0.2, -0.15) is 0 Å². The van der Waals surface area contributed by atoms with Gasteiger partial charge in [0, 0.05) is 23.1 Å². The van der Waals surface area contributed by atoms with Crippen LogP contribution in [-0.4, -0.2) is 35.1 Å². The Kier molecular flexibility index (Phi) is 7.08. The molecule has 0 radical (unpaired) electrons. The quantitative estimate of drug-likeness (QED) is 0.712. The Bertz CT molecular complexity index is 939. The standard InChI is InChI=1S/C20H22F2N2O5/c1-5-28-20(27)15-8-11(2)24(12(15)3)10-18(25)29-13(4)19(26)23-14-6-7-16(21)17(22)9-14/h6-9,13H,5,10H2,1-4H3,(H,23,26)/t13-/m1/s1. The van der Waals surface area contributed by atoms with Gasteiger partial charge in [0.1, 0.15) is 6.54 Å². The lowest BCUT2D eigenvalue weighted by Gasteiger charge is -2.15. The van der Waals surface area contributed by atoms with Gasteiger partial charge < -0.3 is 19.4 Å². The van der Waals surface area contributed by atoms with E-state index in [9.17, 15) is 23.2 Å². The van der Waals surface area contributed by atoms with Crippen LogP contribution in [0.15, 0.2) is 24.3 Å². The number of benzene rings is 1. The molecule has 0 saturated carbocycles. The summed E-state index contributed by atoms with van der Waals surface area (Å²) in [6, 6.07) is 4.50. The first kappa shape index (κ1) is 22.1. The molecule has 29 heavy (non-hydrogen) atoms. The zero-order valence-corrected chi connectivity index (χ0v) is 16.5. The number of anilines is 1. The van der Waals surface area contributed by atoms with Crippen molar-refractivity contribution in [1.29, 1.82) is 0 Å². The van der Waals surface area contributed by atoms with Crippen LogP contribution in [0.1, 0.15) is 35.6 Å². The Morgan fingerprint density at radius 2 is 1.83 bits per heavy atom. The van der Waals surface area contributed by atoms with Crippen molar-refractivity contribution in [3.8, 4) is 0 Å². The molecule has 0 spiro atoms. The minimum absolute atomic E-state index is 0.0352. The monoisotopic (exact) mass is 408 g/mol. The van der Waals surface area contributed by atoms with Gasteiger partial charge in [-0.1, -0.05) is 0 Å². The molecule has 0 bridgehead atoms. The van der Waals surface area contributed by atoms with E-state index >= 15 is 0 Å². The summed E-state index contributed by atoms with van der Waals surface area (Å²) in [7, 11) is 0. The Hall–Kier alpha value is -3.23. The maximum Gasteiger partial charge on any atom is 0.339 e. The number of hydrogen-bond donors (Lipinski definition) is 1. The summed E-state index contributed by atoms with van der Waals surface area (Å²) in [6.07, 6.45) is -1.17. The van der Waals surface area contributed by atoms with E-state index in [2.05, 4.69) is 5.32 Å². The number of aryl methyl sites for hydroxylation is 1. The van der Waals surface area contributed by atoms with E-state index in [1.165, 1.54) is 13.0 Å². The van der Waals surface area contributed by atoms with Crippen LogP contribution in [0.3, 0.4) is 0 Å². The molecule has 1 N–H and O–H groups in total. The average molecular weight is 408 g/mol. The number of esters is 2. The number of nitrogens with zero attached hydrogens (tertiary/aromatic N) is 1. The number of rotatable bonds is 7. The van der Waals surface area contributed by atoms with Crippen molar-refractivity contribution in [2.24, 2.45) is 0 Å². The topological polar surface area (TPSA) is 86.6 Å². The molecule has 1 aromatic heterocycles. The van der Waals surface area contributed by atoms with E-state index < -0.39 is 35.6 Å². The van der Waals surface area contributed by atoms with Gasteiger partial charge in [-0.25, -0.2) is 13.6 Å². The molecule has 1 heterocycles. The fraction of sp³-hybridized carbons (Fsp3) is 0.350. The molecule has 7 nitrogen and oxygen atoms in total. The summed E-state index contributed by atoms with van der Waals surface area (Å²) >= 11 is 0. The van der Waals surface area contributed by atoms with Crippen molar-refractivity contribution in [2.45, 2.75) is 40.3 Å². The summed E-state index contributed by atoms with van der Waals surface area (Å²) in [5, 5.41) is 2.34. The second-order valence-electron chi connectivity index (χ2n) is 6.34. The maximum atomic E-state index is 13.2. The minimum atomic E-state index is -1.17. The lowest BCUT2D eigenvalue weighted by molar-refractivity contribution is -0.153. The molecule has 1 amide bonds. The highest BCUT2D eigenvalue weighted by molar-refractivity contribution is 5.95. The summed E-state index contributed by atoms with van der Waals surface area (Å²) in [4.78, 5) is 36.3. The molecular formula is C20H22F2N2O5. The molecule has 2 aromatic rings. The van der Waals surface area contributed by atoms with Crippen LogP contribution in [0, 0.1) is 25.5 Å². The highest BCUT2D eigenvalue weighted by Gasteiger charge is 2.22. The third-order valence-electron chi connectivity index (χ3n) is 4.22. The summed E-state index contributed by atoms with van der Waals surface area (Å²) in [5.74, 6) is -4.03. The molecule has 1 aromatic carbocycles. The number of nitrogens with one attached hydrogen (secondary N) is 1. The predicted molar refractivity (Wildman–Crippen MR) is 100 cm³/mol. The van der Waals surface area contributed by atoms with Crippen LogP contribution >= 0.6 is 0 Å². The minimum Gasteiger partial charge on any atom is -0.462 e. The molecule has 2 rings (SSSR count). The van der Waals surface area contributed by atoms with Crippen molar-refractivity contribution in [1.82, 2.24) is 4.57 Å². The van der Waals surface area contributed by atoms with E-state index in [1.807, 2.05) is 0 Å². The van der Waals surface area contributed by atoms with Gasteiger partial charge in [-0.3, -0.25) is 9.59 Å². The van der Waals surface area contributed by atoms with E-state index in [0.717, 1.165) is 12.1 Å². The lowest BCUT2D eigenvalue weighted by Crippen LogP contribution is -2.31. The Balaban J connectivity index is 2.00. The van der Waals surface area contributed by atoms with Crippen molar-refractivity contribution >= 4 is 23.5 Å². The van der Waals surface area contributed by atoms with E-state index in [-0.39, 0.29) is 18.8 Å². The zero-order valence-electron chi connectivity index (χ0n) is 16.5. The molecule has 1 atom stereocenters. The largest absolute Gasteiger partial charge is 0.462 e. The number of carbonyl (C=O) groups excluding carboxylic acids is 3. The van der Waals surface area contributed by atoms with Crippen LogP contribution in [0.2, 0.25) is 0 Å². The van der Waals surface area contributed by atoms with Crippen LogP contribution in [-0.2, 0) is 25.6 Å². The van der Waals surface area contributed by atoms with Crippen molar-refractivity contribution in [3.05, 3.63) is 52.9 Å². The molecule has 0 aliphatic carbocycles. The van der Waals surface area contributed by atoms with Gasteiger partial charge in [0.05, 0.1) is 12.2 Å². The highest BCUT2D eigenvalue weighted by Crippen LogP contribution is 2.17. The molecule has 0 aliphatic heterocycles. The molecule has 156 valence electrons. The normalized spacial score (nSPS) is 11.7. The van der Waals surface area contributed by atoms with Crippen LogP contribution < -0.4 is 5.32 Å². The van der Waals surface area contributed by atoms with Crippen LogP contribution in [0.5, 0.6) is 0 Å². The third-order valence-corrected chi connectivity index (χ3v) is 4.22. The summed E-state index contributed by atoms with van der Waals surface area (Å²) in [5.41, 5.74) is 1.58. The molecule has 0 aliphatic rings.